The van der Waals surface area contributed by atoms with Gasteiger partial charge in [-0.05, 0) is 47.7 Å². The second-order valence-electron chi connectivity index (χ2n) is 8.50. The number of carbonyl (C=O) groups is 2. The number of halogens is 3. The molecule has 0 bridgehead atoms. The highest BCUT2D eigenvalue weighted by molar-refractivity contribution is 5.96. The van der Waals surface area contributed by atoms with Crippen LogP contribution in [0.25, 0.3) is 11.1 Å². The summed E-state index contributed by atoms with van der Waals surface area (Å²) in [6.07, 6.45) is 0.438. The number of hydrogen-bond donors (Lipinski definition) is 0. The lowest BCUT2D eigenvalue weighted by Gasteiger charge is -2.25. The fraction of sp³-hybridized carbons (Fsp3) is 0.296. The summed E-state index contributed by atoms with van der Waals surface area (Å²) >= 11 is 0. The molecule has 0 unspecified atom stereocenters. The van der Waals surface area contributed by atoms with Gasteiger partial charge < -0.3 is 4.90 Å². The minimum atomic E-state index is -0.916. The van der Waals surface area contributed by atoms with Crippen LogP contribution in [0.2, 0.25) is 0 Å². The molecule has 0 atom stereocenters. The van der Waals surface area contributed by atoms with Gasteiger partial charge in [-0.3, -0.25) is 9.59 Å². The molecule has 3 rings (SSSR count). The molecule has 0 N–H and O–H groups in total. The van der Waals surface area contributed by atoms with E-state index >= 15 is 0 Å². The highest BCUT2D eigenvalue weighted by Crippen LogP contribution is 2.28. The van der Waals surface area contributed by atoms with Crippen molar-refractivity contribution in [2.75, 3.05) is 11.4 Å². The molecule has 0 saturated carbocycles. The number of aromatic nitrogens is 1. The zero-order valence-electron chi connectivity index (χ0n) is 19.4. The molecule has 0 spiro atoms. The topological polar surface area (TPSA) is 50.3 Å². The molecule has 0 fully saturated rings. The minimum Gasteiger partial charge on any atom is -0.309 e. The molecule has 0 aliphatic heterocycles. The maximum absolute atomic E-state index is 15.0. The molecule has 3 aromatic rings. The Bertz CT molecular complexity index is 1180. The van der Waals surface area contributed by atoms with E-state index in [9.17, 15) is 22.8 Å². The van der Waals surface area contributed by atoms with Gasteiger partial charge in [-0.15, -0.1) is 0 Å². The van der Waals surface area contributed by atoms with Crippen molar-refractivity contribution in [1.29, 1.82) is 0 Å². The summed E-state index contributed by atoms with van der Waals surface area (Å²) < 4.78 is 41.5. The van der Waals surface area contributed by atoms with Crippen molar-refractivity contribution >= 4 is 17.4 Å². The van der Waals surface area contributed by atoms with E-state index in [0.29, 0.717) is 23.2 Å². The van der Waals surface area contributed by atoms with Crippen LogP contribution in [0.1, 0.15) is 49.5 Å². The van der Waals surface area contributed by atoms with E-state index in [1.807, 2.05) is 13.8 Å². The zero-order chi connectivity index (χ0) is 24.8. The van der Waals surface area contributed by atoms with Crippen LogP contribution in [-0.2, 0) is 11.2 Å². The molecule has 2 aromatic carbocycles. The number of ketones is 1. The number of amides is 1. The van der Waals surface area contributed by atoms with Crippen LogP contribution in [0.5, 0.6) is 0 Å². The van der Waals surface area contributed by atoms with Crippen LogP contribution in [0.3, 0.4) is 0 Å². The fourth-order valence-corrected chi connectivity index (χ4v) is 3.66. The third-order valence-electron chi connectivity index (χ3n) is 5.44. The Balaban J connectivity index is 1.73. The Hall–Kier alpha value is -3.48. The monoisotopic (exact) mass is 468 g/mol. The van der Waals surface area contributed by atoms with Gasteiger partial charge in [-0.25, -0.2) is 4.39 Å². The predicted molar refractivity (Wildman–Crippen MR) is 126 cm³/mol. The molecular formula is C27H27F3N2O2. The first-order chi connectivity index (χ1) is 16.2. The van der Waals surface area contributed by atoms with Crippen molar-refractivity contribution in [2.24, 2.45) is 5.92 Å². The van der Waals surface area contributed by atoms with Gasteiger partial charge in [0.15, 0.2) is 5.78 Å². The number of Topliss-reactive ketones (excluding diaryl/α,β-unsaturated/α-hetero) is 1. The average Bonchev–Trinajstić information content (AvgIpc) is 2.81. The number of pyridine rings is 1. The van der Waals surface area contributed by atoms with Gasteiger partial charge >= 0.3 is 0 Å². The maximum Gasteiger partial charge on any atom is 0.226 e. The Morgan fingerprint density at radius 1 is 0.941 bits per heavy atom. The first-order valence-corrected chi connectivity index (χ1v) is 11.2. The van der Waals surface area contributed by atoms with E-state index in [1.165, 1.54) is 17.0 Å². The Morgan fingerprint density at radius 3 is 2.21 bits per heavy atom. The Morgan fingerprint density at radius 2 is 1.62 bits per heavy atom. The second kappa shape index (κ2) is 11.1. The molecule has 178 valence electrons. The van der Waals surface area contributed by atoms with Crippen LogP contribution in [0.4, 0.5) is 18.9 Å². The molecular weight excluding hydrogens is 441 g/mol. The summed E-state index contributed by atoms with van der Waals surface area (Å²) in [6, 6.07) is 13.8. The van der Waals surface area contributed by atoms with E-state index in [4.69, 9.17) is 0 Å². The second-order valence-corrected chi connectivity index (χ2v) is 8.50. The van der Waals surface area contributed by atoms with Gasteiger partial charge in [0.25, 0.3) is 0 Å². The van der Waals surface area contributed by atoms with Gasteiger partial charge in [0.05, 0.1) is 5.69 Å². The highest BCUT2D eigenvalue weighted by atomic mass is 19.1. The van der Waals surface area contributed by atoms with E-state index in [0.717, 1.165) is 6.07 Å². The Labute approximate surface area is 197 Å². The highest BCUT2D eigenvalue weighted by Gasteiger charge is 2.19. The van der Waals surface area contributed by atoms with Crippen LogP contribution in [0.15, 0.2) is 54.6 Å². The number of rotatable bonds is 9. The molecule has 34 heavy (non-hydrogen) atoms. The molecule has 1 aromatic heterocycles. The lowest BCUT2D eigenvalue weighted by molar-refractivity contribution is -0.118. The number of benzene rings is 2. The SMILES string of the molecule is CCC(=O)N(CC(C)C)c1ccc(-c2ccc(C(=O)CCc3ccc(F)nc3F)cc2)cc1F. The van der Waals surface area contributed by atoms with Crippen LogP contribution < -0.4 is 4.90 Å². The first kappa shape index (κ1) is 25.1. The molecule has 0 radical (unpaired) electrons. The van der Waals surface area contributed by atoms with Gasteiger partial charge in [-0.2, -0.15) is 13.8 Å². The van der Waals surface area contributed by atoms with E-state index in [1.54, 1.807) is 43.3 Å². The summed E-state index contributed by atoms with van der Waals surface area (Å²) in [4.78, 5) is 29.4. The van der Waals surface area contributed by atoms with Crippen molar-refractivity contribution in [1.82, 2.24) is 4.98 Å². The van der Waals surface area contributed by atoms with Gasteiger partial charge in [0, 0.05) is 30.5 Å². The number of hydrogen-bond acceptors (Lipinski definition) is 3. The zero-order valence-corrected chi connectivity index (χ0v) is 19.4. The standard InChI is InChI=1S/C27H27F3N2O2/c1-4-26(34)32(16-17(2)3)23-12-9-21(15-22(23)28)18-5-7-19(8-6-18)24(33)13-10-20-11-14-25(29)31-27(20)30/h5-9,11-12,14-15,17H,4,10,13,16H2,1-3H3. The van der Waals surface area contributed by atoms with Crippen LogP contribution in [0, 0.1) is 23.6 Å². The first-order valence-electron chi connectivity index (χ1n) is 11.2. The largest absolute Gasteiger partial charge is 0.309 e. The third kappa shape index (κ3) is 6.10. The van der Waals surface area contributed by atoms with Gasteiger partial charge in [0.2, 0.25) is 17.8 Å². The number of carbonyl (C=O) groups excluding carboxylic acids is 2. The van der Waals surface area contributed by atoms with Crippen molar-refractivity contribution in [3.63, 3.8) is 0 Å². The number of anilines is 1. The van der Waals surface area contributed by atoms with Crippen LogP contribution in [-0.4, -0.2) is 23.2 Å². The molecule has 1 heterocycles. The number of aryl methyl sites for hydroxylation is 1. The summed E-state index contributed by atoms with van der Waals surface area (Å²) in [6.45, 7) is 6.12. The van der Waals surface area contributed by atoms with Crippen molar-refractivity contribution in [3.8, 4) is 11.1 Å². The third-order valence-corrected chi connectivity index (χ3v) is 5.44. The van der Waals surface area contributed by atoms with Crippen LogP contribution >= 0.6 is 0 Å². The normalized spacial score (nSPS) is 11.0. The molecule has 0 saturated heterocycles. The molecule has 7 heteroatoms. The summed E-state index contributed by atoms with van der Waals surface area (Å²) in [5, 5.41) is 0. The van der Waals surface area contributed by atoms with E-state index in [2.05, 4.69) is 4.98 Å². The van der Waals surface area contributed by atoms with E-state index in [-0.39, 0.29) is 48.1 Å². The predicted octanol–water partition coefficient (Wildman–Crippen LogP) is 6.38. The quantitative estimate of drug-likeness (QED) is 0.270. The van der Waals surface area contributed by atoms with Crippen molar-refractivity contribution in [3.05, 3.63) is 83.4 Å². The number of nitrogens with zero attached hydrogens (tertiary/aromatic N) is 2. The van der Waals surface area contributed by atoms with Gasteiger partial charge in [0.1, 0.15) is 5.82 Å². The fourth-order valence-electron chi connectivity index (χ4n) is 3.66. The molecule has 1 amide bonds. The lowest BCUT2D eigenvalue weighted by Crippen LogP contribution is -2.34. The Kier molecular flexibility index (Phi) is 8.21. The molecule has 4 nitrogen and oxygen atoms in total. The van der Waals surface area contributed by atoms with Crippen molar-refractivity contribution < 1.29 is 22.8 Å². The lowest BCUT2D eigenvalue weighted by atomic mass is 9.99. The minimum absolute atomic E-state index is 0.0457. The molecule has 0 aliphatic rings. The summed E-state index contributed by atoms with van der Waals surface area (Å²) in [5.74, 6) is -2.46. The van der Waals surface area contributed by atoms with Gasteiger partial charge in [-0.1, -0.05) is 51.1 Å². The van der Waals surface area contributed by atoms with Crippen molar-refractivity contribution in [2.45, 2.75) is 40.0 Å². The smallest absolute Gasteiger partial charge is 0.226 e. The summed E-state index contributed by atoms with van der Waals surface area (Å²) in [7, 11) is 0. The summed E-state index contributed by atoms with van der Waals surface area (Å²) in [5.41, 5.74) is 2.20. The average molecular weight is 469 g/mol. The van der Waals surface area contributed by atoms with E-state index < -0.39 is 17.7 Å². The maximum atomic E-state index is 15.0. The molecule has 0 aliphatic carbocycles.